The summed E-state index contributed by atoms with van der Waals surface area (Å²) in [6, 6.07) is 0. The molecule has 2 rings (SSSR count). The SMILES string of the molecule is CCCCC1CCC(C(=O)Nc2nnc(COC)s2)CC1. The third kappa shape index (κ3) is 5.04. The van der Waals surface area contributed by atoms with Crippen molar-refractivity contribution < 1.29 is 9.53 Å². The molecule has 1 aliphatic carbocycles. The Morgan fingerprint density at radius 1 is 1.33 bits per heavy atom. The van der Waals surface area contributed by atoms with Gasteiger partial charge in [0.1, 0.15) is 11.6 Å². The molecule has 1 aliphatic rings. The van der Waals surface area contributed by atoms with E-state index in [1.54, 1.807) is 7.11 Å². The van der Waals surface area contributed by atoms with Crippen molar-refractivity contribution in [2.24, 2.45) is 11.8 Å². The van der Waals surface area contributed by atoms with E-state index in [2.05, 4.69) is 22.4 Å². The Hall–Kier alpha value is -1.01. The minimum Gasteiger partial charge on any atom is -0.377 e. The lowest BCUT2D eigenvalue weighted by Gasteiger charge is -2.27. The highest BCUT2D eigenvalue weighted by molar-refractivity contribution is 7.15. The van der Waals surface area contributed by atoms with Crippen LogP contribution in [0.5, 0.6) is 0 Å². The molecule has 0 bridgehead atoms. The minimum absolute atomic E-state index is 0.101. The fourth-order valence-electron chi connectivity index (χ4n) is 2.90. The predicted octanol–water partition coefficient (Wildman–Crippen LogP) is 3.62. The molecule has 1 saturated carbocycles. The standard InChI is InChI=1S/C15H25N3O2S/c1-3-4-5-11-6-8-12(9-7-11)14(19)16-15-18-17-13(21-15)10-20-2/h11-12H,3-10H2,1-2H3,(H,16,18,19). The van der Waals surface area contributed by atoms with Gasteiger partial charge < -0.3 is 10.1 Å². The van der Waals surface area contributed by atoms with Crippen molar-refractivity contribution in [3.8, 4) is 0 Å². The average molecular weight is 311 g/mol. The number of ether oxygens (including phenoxy) is 1. The van der Waals surface area contributed by atoms with E-state index in [4.69, 9.17) is 4.74 Å². The molecule has 1 heterocycles. The molecular weight excluding hydrogens is 286 g/mol. The molecule has 1 aromatic heterocycles. The summed E-state index contributed by atoms with van der Waals surface area (Å²) in [5, 5.41) is 12.2. The van der Waals surface area contributed by atoms with E-state index in [1.807, 2.05) is 0 Å². The molecule has 118 valence electrons. The quantitative estimate of drug-likeness (QED) is 0.835. The monoisotopic (exact) mass is 311 g/mol. The van der Waals surface area contributed by atoms with Crippen LogP contribution < -0.4 is 5.32 Å². The Bertz CT molecular complexity index is 442. The zero-order valence-corrected chi connectivity index (χ0v) is 13.7. The van der Waals surface area contributed by atoms with Gasteiger partial charge in [-0.05, 0) is 31.6 Å². The third-order valence-corrected chi connectivity index (χ3v) is 4.96. The normalized spacial score (nSPS) is 22.2. The van der Waals surface area contributed by atoms with Gasteiger partial charge in [0.05, 0.1) is 0 Å². The maximum Gasteiger partial charge on any atom is 0.229 e. The fourth-order valence-corrected chi connectivity index (χ4v) is 3.61. The molecule has 1 amide bonds. The van der Waals surface area contributed by atoms with E-state index in [9.17, 15) is 4.79 Å². The lowest BCUT2D eigenvalue weighted by molar-refractivity contribution is -0.121. The highest BCUT2D eigenvalue weighted by atomic mass is 32.1. The van der Waals surface area contributed by atoms with Crippen LogP contribution in [0.1, 0.15) is 56.9 Å². The van der Waals surface area contributed by atoms with Gasteiger partial charge >= 0.3 is 0 Å². The van der Waals surface area contributed by atoms with Crippen LogP contribution in [0.3, 0.4) is 0 Å². The van der Waals surface area contributed by atoms with Gasteiger partial charge in [-0.1, -0.05) is 37.5 Å². The molecule has 0 atom stereocenters. The number of unbranched alkanes of at least 4 members (excludes halogenated alkanes) is 1. The van der Waals surface area contributed by atoms with Crippen LogP contribution in [0.25, 0.3) is 0 Å². The van der Waals surface area contributed by atoms with Crippen molar-refractivity contribution in [2.45, 2.75) is 58.5 Å². The van der Waals surface area contributed by atoms with E-state index < -0.39 is 0 Å². The Morgan fingerprint density at radius 2 is 2.10 bits per heavy atom. The summed E-state index contributed by atoms with van der Waals surface area (Å²) in [6.45, 7) is 2.68. The number of hydrogen-bond acceptors (Lipinski definition) is 5. The zero-order chi connectivity index (χ0) is 15.1. The van der Waals surface area contributed by atoms with Gasteiger partial charge in [-0.3, -0.25) is 4.79 Å². The largest absolute Gasteiger partial charge is 0.377 e. The first-order chi connectivity index (χ1) is 10.2. The zero-order valence-electron chi connectivity index (χ0n) is 12.9. The van der Waals surface area contributed by atoms with E-state index in [0.29, 0.717) is 11.7 Å². The summed E-state index contributed by atoms with van der Waals surface area (Å²) in [7, 11) is 1.62. The highest BCUT2D eigenvalue weighted by Crippen LogP contribution is 2.32. The molecule has 0 unspecified atom stereocenters. The number of nitrogens with zero attached hydrogens (tertiary/aromatic N) is 2. The van der Waals surface area contributed by atoms with Crippen LogP contribution >= 0.6 is 11.3 Å². The Morgan fingerprint density at radius 3 is 2.76 bits per heavy atom. The Labute approximate surface area is 130 Å². The first kappa shape index (κ1) is 16.4. The van der Waals surface area contributed by atoms with E-state index in [0.717, 1.165) is 23.8 Å². The molecule has 0 aromatic carbocycles. The van der Waals surface area contributed by atoms with Crippen molar-refractivity contribution in [1.82, 2.24) is 10.2 Å². The van der Waals surface area contributed by atoms with Crippen LogP contribution in [-0.2, 0) is 16.1 Å². The predicted molar refractivity (Wildman–Crippen MR) is 84.2 cm³/mol. The summed E-state index contributed by atoms with van der Waals surface area (Å²) in [4.78, 5) is 12.3. The second kappa shape index (κ2) is 8.44. The van der Waals surface area contributed by atoms with Crippen molar-refractivity contribution in [1.29, 1.82) is 0 Å². The number of carbonyl (C=O) groups is 1. The second-order valence-electron chi connectivity index (χ2n) is 5.78. The van der Waals surface area contributed by atoms with Crippen LogP contribution in [0.15, 0.2) is 0 Å². The Kier molecular flexibility index (Phi) is 6.57. The fraction of sp³-hybridized carbons (Fsp3) is 0.800. The van der Waals surface area contributed by atoms with Gasteiger partial charge in [-0.25, -0.2) is 0 Å². The van der Waals surface area contributed by atoms with E-state index in [-0.39, 0.29) is 11.8 Å². The van der Waals surface area contributed by atoms with Gasteiger partial charge in [0.2, 0.25) is 11.0 Å². The van der Waals surface area contributed by atoms with Crippen molar-refractivity contribution in [3.63, 3.8) is 0 Å². The molecule has 0 saturated heterocycles. The highest BCUT2D eigenvalue weighted by Gasteiger charge is 2.26. The summed E-state index contributed by atoms with van der Waals surface area (Å²) >= 11 is 1.38. The maximum absolute atomic E-state index is 12.3. The van der Waals surface area contributed by atoms with Crippen molar-refractivity contribution in [2.75, 3.05) is 12.4 Å². The molecule has 1 aromatic rings. The summed E-state index contributed by atoms with van der Waals surface area (Å²) < 4.78 is 5.00. The number of amides is 1. The molecule has 6 heteroatoms. The molecule has 0 spiro atoms. The summed E-state index contributed by atoms with van der Waals surface area (Å²) in [6.07, 6.45) is 8.28. The molecule has 0 radical (unpaired) electrons. The van der Waals surface area contributed by atoms with Crippen molar-refractivity contribution in [3.05, 3.63) is 5.01 Å². The maximum atomic E-state index is 12.3. The molecular formula is C15H25N3O2S. The number of nitrogens with one attached hydrogen (secondary N) is 1. The number of carbonyl (C=O) groups excluding carboxylic acids is 1. The molecule has 1 fully saturated rings. The number of aromatic nitrogens is 2. The smallest absolute Gasteiger partial charge is 0.229 e. The summed E-state index contributed by atoms with van der Waals surface area (Å²) in [5.74, 6) is 1.06. The van der Waals surface area contributed by atoms with E-state index in [1.165, 1.54) is 43.4 Å². The first-order valence-corrected chi connectivity index (χ1v) is 8.66. The molecule has 1 N–H and O–H groups in total. The first-order valence-electron chi connectivity index (χ1n) is 7.85. The topological polar surface area (TPSA) is 64.1 Å². The van der Waals surface area contributed by atoms with Gasteiger partial charge in [0, 0.05) is 13.0 Å². The van der Waals surface area contributed by atoms with E-state index >= 15 is 0 Å². The molecule has 5 nitrogen and oxygen atoms in total. The lowest BCUT2D eigenvalue weighted by atomic mass is 9.79. The molecule has 0 aliphatic heterocycles. The second-order valence-corrected chi connectivity index (χ2v) is 6.85. The van der Waals surface area contributed by atoms with Crippen LogP contribution in [0.2, 0.25) is 0 Å². The number of methoxy groups -OCH3 is 1. The average Bonchev–Trinajstić information content (AvgIpc) is 2.93. The summed E-state index contributed by atoms with van der Waals surface area (Å²) in [5.41, 5.74) is 0. The van der Waals surface area contributed by atoms with Crippen LogP contribution in [-0.4, -0.2) is 23.2 Å². The third-order valence-electron chi connectivity index (χ3n) is 4.15. The van der Waals surface area contributed by atoms with Gasteiger partial charge in [0.25, 0.3) is 0 Å². The van der Waals surface area contributed by atoms with Crippen LogP contribution in [0, 0.1) is 11.8 Å². The van der Waals surface area contributed by atoms with Gasteiger partial charge in [0.15, 0.2) is 0 Å². The minimum atomic E-state index is 0.101. The van der Waals surface area contributed by atoms with Gasteiger partial charge in [-0.15, -0.1) is 10.2 Å². The van der Waals surface area contributed by atoms with Crippen molar-refractivity contribution >= 4 is 22.4 Å². The van der Waals surface area contributed by atoms with Crippen LogP contribution in [0.4, 0.5) is 5.13 Å². The lowest BCUT2D eigenvalue weighted by Crippen LogP contribution is -2.27. The van der Waals surface area contributed by atoms with Gasteiger partial charge in [-0.2, -0.15) is 0 Å². The number of anilines is 1. The molecule has 21 heavy (non-hydrogen) atoms. The number of hydrogen-bond donors (Lipinski definition) is 1. The Balaban J connectivity index is 1.76. The number of rotatable bonds is 7.